The van der Waals surface area contributed by atoms with Crippen LogP contribution < -0.4 is 4.74 Å². The number of aryl methyl sites for hydroxylation is 8. The Bertz CT molecular complexity index is 3670. The first-order valence-electron chi connectivity index (χ1n) is 24.5. The normalized spacial score (nSPS) is 10.3. The van der Waals surface area contributed by atoms with Gasteiger partial charge in [0.1, 0.15) is 5.75 Å². The molecular weight excluding hydrogens is 1730 g/mol. The van der Waals surface area contributed by atoms with Gasteiger partial charge in [-0.3, -0.25) is 14.6 Å². The van der Waals surface area contributed by atoms with Gasteiger partial charge in [0.05, 0.1) is 32.7 Å². The fourth-order valence-corrected chi connectivity index (χ4v) is 9.78. The van der Waals surface area contributed by atoms with Crippen molar-refractivity contribution in [3.05, 3.63) is 212 Å². The second-order valence-corrected chi connectivity index (χ2v) is 19.5. The van der Waals surface area contributed by atoms with Gasteiger partial charge < -0.3 is 42.1 Å². The Kier molecular flexibility index (Phi) is 24.1. The number of thiophene rings is 1. The topological polar surface area (TPSA) is 124 Å². The summed E-state index contributed by atoms with van der Waals surface area (Å²) in [5, 5.41) is 14.2. The molecule has 0 aliphatic carbocycles. The van der Waals surface area contributed by atoms with Crippen LogP contribution in [0.3, 0.4) is 0 Å². The van der Waals surface area contributed by atoms with Crippen molar-refractivity contribution >= 4 is 11.3 Å². The molecule has 0 aliphatic heterocycles. The standard InChI is InChI=1S/C18H20N3O2.C15H14N3.C15H13N2S.C14H11N2O.4Ir/c1-12-9-21(3)19-18(12)14-8-15(20(2)10-14)17-13(11-22)6-5-7-16(17)23-4;1-17-8-13(12-6-4-3-5-7-12)14(9-17)15-10-18(2)11-16-15;1-11-8-13(14-9-17(2)10-16-14)15(18-11)12-6-4-3-5-7-12;1-16-7-14(15-10-16)13-9-17-8-12(13)11-5-3-2-4-6-11;;;;/h5-9,22H,11H2,1-4H3;3-8,10-11H,1-2H3;3-7,9-10H,1-2H3;2-8,10H,1H3;;;;/q4*-1;;;;. The molecule has 0 saturated carbocycles. The van der Waals surface area contributed by atoms with Crippen LogP contribution in [0, 0.1) is 38.6 Å². The van der Waals surface area contributed by atoms with E-state index in [-0.39, 0.29) is 87.0 Å². The van der Waals surface area contributed by atoms with Crippen LogP contribution in [0.2, 0.25) is 0 Å². The number of nitrogens with zero attached hydrogens (tertiary/aromatic N) is 10. The molecule has 0 saturated heterocycles. The van der Waals surface area contributed by atoms with Crippen LogP contribution in [0.5, 0.6) is 5.75 Å². The Morgan fingerprint density at radius 1 is 0.600 bits per heavy atom. The largest absolute Gasteiger partial charge is 0.565 e. The number of aliphatic hydroxyl groups excluding tert-OH is 1. The van der Waals surface area contributed by atoms with E-state index in [0.717, 1.165) is 89.9 Å². The number of methoxy groups -OCH3 is 1. The van der Waals surface area contributed by atoms with Gasteiger partial charge in [0, 0.05) is 138 Å². The van der Waals surface area contributed by atoms with Gasteiger partial charge in [-0.2, -0.15) is 6.07 Å². The number of imidazole rings is 3. The average molecular weight is 1790 g/mol. The molecule has 0 aliphatic rings. The molecule has 0 fully saturated rings. The third kappa shape index (κ3) is 15.3. The molecule has 12 aromatic rings. The molecule has 0 bridgehead atoms. The minimum atomic E-state index is -0.0460. The Labute approximate surface area is 525 Å². The summed E-state index contributed by atoms with van der Waals surface area (Å²) in [6.45, 7) is 4.07. The van der Waals surface area contributed by atoms with Crippen LogP contribution in [0.25, 0.3) is 89.0 Å². The number of hydrogen-bond acceptors (Lipinski definition) is 8. The number of ether oxygens (including phenoxy) is 1. The molecule has 4 aromatic carbocycles. The van der Waals surface area contributed by atoms with E-state index in [2.05, 4.69) is 94.3 Å². The van der Waals surface area contributed by atoms with Crippen molar-refractivity contribution in [2.24, 2.45) is 42.3 Å². The van der Waals surface area contributed by atoms with E-state index in [0.29, 0.717) is 0 Å². The summed E-state index contributed by atoms with van der Waals surface area (Å²) in [4.78, 5) is 15.6. The number of rotatable bonds is 10. The van der Waals surface area contributed by atoms with Crippen molar-refractivity contribution in [3.8, 4) is 94.7 Å². The van der Waals surface area contributed by atoms with E-state index in [1.165, 1.54) is 20.9 Å². The number of aliphatic hydroxyl groups is 1. The summed E-state index contributed by atoms with van der Waals surface area (Å²) in [5.41, 5.74) is 17.2. The van der Waals surface area contributed by atoms with E-state index >= 15 is 0 Å². The summed E-state index contributed by atoms with van der Waals surface area (Å²) in [7, 11) is 13.4. The van der Waals surface area contributed by atoms with Gasteiger partial charge in [-0.1, -0.05) is 159 Å². The second-order valence-electron chi connectivity index (χ2n) is 18.2. The monoisotopic (exact) mass is 1790 g/mol. The average Bonchev–Trinajstić information content (AvgIpc) is 4.35. The van der Waals surface area contributed by atoms with Gasteiger partial charge in [0.15, 0.2) is 0 Å². The zero-order chi connectivity index (χ0) is 53.3. The summed E-state index contributed by atoms with van der Waals surface area (Å²) in [5.74, 6) is 0.732. The molecule has 80 heavy (non-hydrogen) atoms. The van der Waals surface area contributed by atoms with E-state index in [1.807, 2.05) is 188 Å². The SMILES string of the molecule is COc1cccc(CO)c1-c1cc(-c2nn(C)cc2C)[c-]n1C.Cc1[c-]c(-c2cn(C)cn2)c(-c2ccccc2)s1.Cn1[c-]c(-c2cn(C)cn2)c(-c2ccccc2)c1.Cn1cnc(-c2[c-]occ2-c2ccccc2)c1.[Ir].[Ir].[Ir].[Ir]. The zero-order valence-corrected chi connectivity index (χ0v) is 55.7. The molecule has 8 aromatic heterocycles. The first kappa shape index (κ1) is 64.4. The Morgan fingerprint density at radius 3 is 1.65 bits per heavy atom. The van der Waals surface area contributed by atoms with Crippen molar-refractivity contribution in [3.63, 3.8) is 0 Å². The molecule has 0 unspecified atom stereocenters. The molecule has 420 valence electrons. The predicted octanol–water partition coefficient (Wildman–Crippen LogP) is 12.7. The second kappa shape index (κ2) is 29.9. The van der Waals surface area contributed by atoms with Crippen LogP contribution in [0.15, 0.2) is 176 Å². The molecule has 0 atom stereocenters. The summed E-state index contributed by atoms with van der Waals surface area (Å²) in [6, 6.07) is 42.0. The molecule has 18 heteroatoms. The third-order valence-electron chi connectivity index (χ3n) is 12.3. The van der Waals surface area contributed by atoms with Crippen molar-refractivity contribution in [2.45, 2.75) is 20.5 Å². The smallest absolute Gasteiger partial charge is 0.118 e. The van der Waals surface area contributed by atoms with Gasteiger partial charge in [0.25, 0.3) is 0 Å². The molecule has 4 radical (unpaired) electrons. The first-order chi connectivity index (χ1) is 36.9. The van der Waals surface area contributed by atoms with Crippen LogP contribution in [0.1, 0.15) is 16.0 Å². The maximum Gasteiger partial charge on any atom is 0.118 e. The molecule has 13 nitrogen and oxygen atoms in total. The summed E-state index contributed by atoms with van der Waals surface area (Å²) < 4.78 is 22.2. The van der Waals surface area contributed by atoms with Crippen molar-refractivity contribution in [1.82, 2.24) is 47.6 Å². The molecule has 0 amide bonds. The zero-order valence-electron chi connectivity index (χ0n) is 45.4. The maximum atomic E-state index is 9.67. The third-order valence-corrected chi connectivity index (χ3v) is 13.4. The molecule has 8 heterocycles. The molecular formula is C62H58Ir4N10O3S-4. The van der Waals surface area contributed by atoms with Crippen LogP contribution >= 0.6 is 11.3 Å². The molecule has 0 spiro atoms. The van der Waals surface area contributed by atoms with Crippen LogP contribution in [0.4, 0.5) is 0 Å². The number of benzene rings is 4. The van der Waals surface area contributed by atoms with Gasteiger partial charge in [0.2, 0.25) is 0 Å². The fourth-order valence-electron chi connectivity index (χ4n) is 8.81. The van der Waals surface area contributed by atoms with E-state index < -0.39 is 0 Å². The van der Waals surface area contributed by atoms with Crippen molar-refractivity contribution in [2.75, 3.05) is 7.11 Å². The van der Waals surface area contributed by atoms with Crippen LogP contribution in [-0.2, 0) is 129 Å². The first-order valence-corrected chi connectivity index (χ1v) is 25.3. The van der Waals surface area contributed by atoms with Gasteiger partial charge in [-0.15, -0.1) is 34.5 Å². The predicted molar refractivity (Wildman–Crippen MR) is 302 cm³/mol. The van der Waals surface area contributed by atoms with E-state index in [1.54, 1.807) is 35.7 Å². The van der Waals surface area contributed by atoms with Crippen molar-refractivity contribution in [1.29, 1.82) is 0 Å². The van der Waals surface area contributed by atoms with Gasteiger partial charge in [-0.25, -0.2) is 16.4 Å². The minimum Gasteiger partial charge on any atom is -0.565 e. The fraction of sp³-hybridized carbons (Fsp3) is 0.161. The minimum absolute atomic E-state index is 0. The number of aromatic nitrogens is 10. The molecule has 1 N–H and O–H groups in total. The van der Waals surface area contributed by atoms with E-state index in [9.17, 15) is 5.11 Å². The van der Waals surface area contributed by atoms with Crippen molar-refractivity contribution < 1.29 is 94.7 Å². The summed E-state index contributed by atoms with van der Waals surface area (Å²) >= 11 is 1.77. The Balaban J connectivity index is 0.000000194. The summed E-state index contributed by atoms with van der Waals surface area (Å²) in [6.07, 6.45) is 26.7. The van der Waals surface area contributed by atoms with Gasteiger partial charge >= 0.3 is 0 Å². The molecule has 12 rings (SSSR count). The Hall–Kier alpha value is -6.38. The quantitative estimate of drug-likeness (QED) is 0.135. The number of hydrogen-bond donors (Lipinski definition) is 1. The van der Waals surface area contributed by atoms with Crippen LogP contribution in [-0.4, -0.2) is 59.8 Å². The maximum absolute atomic E-state index is 9.67. The van der Waals surface area contributed by atoms with E-state index in [4.69, 9.17) is 9.15 Å². The number of furan rings is 1. The Morgan fingerprint density at radius 2 is 1.14 bits per heavy atom. The van der Waals surface area contributed by atoms with Gasteiger partial charge in [-0.05, 0) is 81.2 Å².